The Bertz CT molecular complexity index is 562. The van der Waals surface area contributed by atoms with Gasteiger partial charge >= 0.3 is 0 Å². The van der Waals surface area contributed by atoms with Gasteiger partial charge in [0.25, 0.3) is 0 Å². The van der Waals surface area contributed by atoms with Crippen molar-refractivity contribution in [3.63, 3.8) is 0 Å². The van der Waals surface area contributed by atoms with Gasteiger partial charge in [-0.2, -0.15) is 0 Å². The summed E-state index contributed by atoms with van der Waals surface area (Å²) in [6.45, 7) is 7.98. The molecule has 3 heteroatoms. The van der Waals surface area contributed by atoms with E-state index in [0.29, 0.717) is 0 Å². The van der Waals surface area contributed by atoms with Crippen molar-refractivity contribution in [2.45, 2.75) is 38.5 Å². The molecule has 0 spiro atoms. The van der Waals surface area contributed by atoms with Crippen molar-refractivity contribution in [3.8, 4) is 0 Å². The quantitative estimate of drug-likeness (QED) is 0.861. The van der Waals surface area contributed by atoms with Crippen LogP contribution >= 0.6 is 0 Å². The van der Waals surface area contributed by atoms with Gasteiger partial charge < -0.3 is 4.55 Å². The van der Waals surface area contributed by atoms with E-state index >= 15 is 0 Å². The van der Waals surface area contributed by atoms with Gasteiger partial charge in [0.15, 0.2) is 0 Å². The minimum Gasteiger partial charge on any atom is -0.598 e. The van der Waals surface area contributed by atoms with E-state index in [1.54, 1.807) is 0 Å². The summed E-state index contributed by atoms with van der Waals surface area (Å²) in [6, 6.07) is 14.7. The monoisotopic (exact) mass is 275 g/mol. The normalized spacial score (nSPS) is 15.4. The number of hydrogen-bond acceptors (Lipinski definition) is 2. The summed E-state index contributed by atoms with van der Waals surface area (Å²) in [6.07, 6.45) is 0. The molecule has 2 aromatic carbocycles. The zero-order valence-electron chi connectivity index (χ0n) is 11.9. The summed E-state index contributed by atoms with van der Waals surface area (Å²) in [5, 5.41) is 2.45. The van der Waals surface area contributed by atoms with E-state index in [9.17, 15) is 4.55 Å². The summed E-state index contributed by atoms with van der Waals surface area (Å²) in [5.74, 6) is 0. The van der Waals surface area contributed by atoms with Crippen LogP contribution in [0.1, 0.15) is 39.3 Å². The Morgan fingerprint density at radius 3 is 2.32 bits per heavy atom. The standard InChI is InChI=1S/C16H21NOS/c1-12(17-19(18)16(2,3)4)14-10-9-13-7-5-6-8-15(13)11-14/h5-12,17H,1-4H3/t12-,19?/m0/s1. The number of fused-ring (bicyclic) bond motifs is 1. The summed E-state index contributed by atoms with van der Waals surface area (Å²) in [4.78, 5) is 0. The lowest BCUT2D eigenvalue weighted by Crippen LogP contribution is -2.40. The van der Waals surface area contributed by atoms with Gasteiger partial charge in [-0.15, -0.1) is 4.72 Å². The summed E-state index contributed by atoms with van der Waals surface area (Å²) in [7, 11) is 0. The number of benzene rings is 2. The SMILES string of the molecule is C[C@H](N[S+]([O-])C(C)(C)C)c1ccc2ccccc2c1. The maximum atomic E-state index is 12.1. The molecule has 2 aromatic rings. The second-order valence-electron chi connectivity index (χ2n) is 5.83. The van der Waals surface area contributed by atoms with Crippen LogP contribution < -0.4 is 4.72 Å². The molecule has 19 heavy (non-hydrogen) atoms. The lowest BCUT2D eigenvalue weighted by atomic mass is 10.0. The Kier molecular flexibility index (Phi) is 4.19. The van der Waals surface area contributed by atoms with Crippen molar-refractivity contribution in [3.05, 3.63) is 48.0 Å². The second kappa shape index (κ2) is 5.53. The van der Waals surface area contributed by atoms with E-state index < -0.39 is 11.4 Å². The van der Waals surface area contributed by atoms with Gasteiger partial charge in [-0.3, -0.25) is 0 Å². The summed E-state index contributed by atoms with van der Waals surface area (Å²) in [5.41, 5.74) is 1.16. The van der Waals surface area contributed by atoms with Crippen LogP contribution in [0.2, 0.25) is 0 Å². The first-order valence-corrected chi connectivity index (χ1v) is 7.69. The molecule has 0 fully saturated rings. The van der Waals surface area contributed by atoms with Crippen molar-refractivity contribution >= 4 is 22.1 Å². The number of hydrogen-bond donors (Lipinski definition) is 1. The molecule has 2 rings (SSSR count). The van der Waals surface area contributed by atoms with E-state index in [4.69, 9.17) is 0 Å². The third-order valence-corrected chi connectivity index (χ3v) is 4.79. The Hall–Kier alpha value is -1.03. The van der Waals surface area contributed by atoms with E-state index in [-0.39, 0.29) is 10.8 Å². The smallest absolute Gasteiger partial charge is 0.136 e. The number of nitrogens with one attached hydrogen (secondary N) is 1. The minimum absolute atomic E-state index is 0.0738. The maximum absolute atomic E-state index is 12.1. The Morgan fingerprint density at radius 2 is 1.68 bits per heavy atom. The zero-order valence-corrected chi connectivity index (χ0v) is 12.8. The Balaban J connectivity index is 2.19. The topological polar surface area (TPSA) is 35.1 Å². The van der Waals surface area contributed by atoms with Crippen LogP contribution in [-0.4, -0.2) is 9.30 Å². The average molecular weight is 275 g/mol. The molecule has 0 aliphatic rings. The molecule has 0 radical (unpaired) electrons. The van der Waals surface area contributed by atoms with E-state index in [0.717, 1.165) is 5.56 Å². The highest BCUT2D eigenvalue weighted by molar-refractivity contribution is 7.90. The van der Waals surface area contributed by atoms with Crippen molar-refractivity contribution in [2.75, 3.05) is 0 Å². The molecular weight excluding hydrogens is 254 g/mol. The Morgan fingerprint density at radius 1 is 1.05 bits per heavy atom. The van der Waals surface area contributed by atoms with Gasteiger partial charge in [-0.1, -0.05) is 36.4 Å². The number of rotatable bonds is 3. The third-order valence-electron chi connectivity index (χ3n) is 3.11. The lowest BCUT2D eigenvalue weighted by molar-refractivity contribution is 0.531. The summed E-state index contributed by atoms with van der Waals surface area (Å²) >= 11 is -1.05. The predicted octanol–water partition coefficient (Wildman–Crippen LogP) is 3.95. The van der Waals surface area contributed by atoms with E-state index in [2.05, 4.69) is 35.1 Å². The molecular formula is C16H21NOS. The predicted molar refractivity (Wildman–Crippen MR) is 83.4 cm³/mol. The first-order valence-electron chi connectivity index (χ1n) is 6.54. The van der Waals surface area contributed by atoms with Gasteiger partial charge in [0, 0.05) is 11.4 Å². The van der Waals surface area contributed by atoms with Crippen LogP contribution in [0, 0.1) is 0 Å². The fourth-order valence-corrected chi connectivity index (χ4v) is 2.69. The molecule has 1 unspecified atom stereocenters. The molecule has 1 N–H and O–H groups in total. The molecule has 0 aromatic heterocycles. The molecule has 0 saturated heterocycles. The maximum Gasteiger partial charge on any atom is 0.136 e. The van der Waals surface area contributed by atoms with Crippen LogP contribution in [0.5, 0.6) is 0 Å². The van der Waals surface area contributed by atoms with Gasteiger partial charge in [0.05, 0.1) is 6.04 Å². The lowest BCUT2D eigenvalue weighted by Gasteiger charge is -2.26. The zero-order chi connectivity index (χ0) is 14.0. The fourth-order valence-electron chi connectivity index (χ4n) is 1.88. The average Bonchev–Trinajstić information content (AvgIpc) is 2.37. The van der Waals surface area contributed by atoms with Crippen LogP contribution in [0.4, 0.5) is 0 Å². The molecule has 2 nitrogen and oxygen atoms in total. The molecule has 0 bridgehead atoms. The third kappa shape index (κ3) is 3.50. The van der Waals surface area contributed by atoms with Gasteiger partial charge in [0.2, 0.25) is 0 Å². The van der Waals surface area contributed by atoms with Gasteiger partial charge in [-0.25, -0.2) is 0 Å². The molecule has 0 aliphatic heterocycles. The molecule has 0 saturated carbocycles. The minimum atomic E-state index is -1.05. The van der Waals surface area contributed by atoms with Crippen LogP contribution in [0.3, 0.4) is 0 Å². The van der Waals surface area contributed by atoms with Crippen molar-refractivity contribution in [2.24, 2.45) is 0 Å². The summed E-state index contributed by atoms with van der Waals surface area (Å²) < 4.78 is 15.0. The van der Waals surface area contributed by atoms with Gasteiger partial charge in [-0.05, 0) is 50.1 Å². The van der Waals surface area contributed by atoms with Crippen LogP contribution in [0.25, 0.3) is 10.8 Å². The first-order chi connectivity index (χ1) is 8.88. The highest BCUT2D eigenvalue weighted by Crippen LogP contribution is 2.23. The molecule has 0 aliphatic carbocycles. The van der Waals surface area contributed by atoms with Crippen LogP contribution in [0.15, 0.2) is 42.5 Å². The van der Waals surface area contributed by atoms with Crippen molar-refractivity contribution in [1.82, 2.24) is 4.72 Å². The van der Waals surface area contributed by atoms with Gasteiger partial charge in [0.1, 0.15) is 4.75 Å². The van der Waals surface area contributed by atoms with Crippen molar-refractivity contribution in [1.29, 1.82) is 0 Å². The van der Waals surface area contributed by atoms with Crippen LogP contribution in [-0.2, 0) is 11.4 Å². The first kappa shape index (κ1) is 14.4. The molecule has 0 heterocycles. The highest BCUT2D eigenvalue weighted by Gasteiger charge is 2.28. The largest absolute Gasteiger partial charge is 0.598 e. The molecule has 0 amide bonds. The van der Waals surface area contributed by atoms with E-state index in [1.165, 1.54) is 10.8 Å². The molecule has 102 valence electrons. The fraction of sp³-hybridized carbons (Fsp3) is 0.375. The highest BCUT2D eigenvalue weighted by atomic mass is 32.2. The Labute approximate surface area is 118 Å². The second-order valence-corrected chi connectivity index (χ2v) is 7.83. The van der Waals surface area contributed by atoms with E-state index in [1.807, 2.05) is 39.8 Å². The molecule has 2 atom stereocenters. The van der Waals surface area contributed by atoms with Crippen molar-refractivity contribution < 1.29 is 4.55 Å².